The van der Waals surface area contributed by atoms with E-state index in [1.54, 1.807) is 22.7 Å². The highest BCUT2D eigenvalue weighted by molar-refractivity contribution is 7.98. The summed E-state index contributed by atoms with van der Waals surface area (Å²) in [6.07, 6.45) is 3.67. The van der Waals surface area contributed by atoms with Gasteiger partial charge in [0, 0.05) is 55.8 Å². The molecule has 184 valence electrons. The number of ether oxygens (including phenoxy) is 1. The van der Waals surface area contributed by atoms with Gasteiger partial charge in [0.25, 0.3) is 5.91 Å². The van der Waals surface area contributed by atoms with Gasteiger partial charge in [-0.05, 0) is 55.0 Å². The van der Waals surface area contributed by atoms with E-state index >= 15 is 0 Å². The number of H-pyrrole nitrogens is 1. The van der Waals surface area contributed by atoms with Gasteiger partial charge in [-0.25, -0.2) is 4.79 Å². The summed E-state index contributed by atoms with van der Waals surface area (Å²) in [4.78, 5) is 32.8. The fraction of sp³-hybridized carbons (Fsp3) is 0.440. The first-order chi connectivity index (χ1) is 17.1. The molecule has 1 aromatic heterocycles. The quantitative estimate of drug-likeness (QED) is 0.544. The molecule has 0 atom stereocenters. The maximum Gasteiger partial charge on any atom is 0.410 e. The van der Waals surface area contributed by atoms with Crippen LogP contribution in [0.25, 0.3) is 11.0 Å². The average molecular weight is 495 g/mol. The van der Waals surface area contributed by atoms with Crippen LogP contribution in [0.5, 0.6) is 0 Å². The molecule has 9 nitrogen and oxygen atoms in total. The Hall–Kier alpha value is -3.11. The third kappa shape index (κ3) is 5.43. The van der Waals surface area contributed by atoms with Crippen molar-refractivity contribution in [3.63, 3.8) is 0 Å². The van der Waals surface area contributed by atoms with E-state index < -0.39 is 0 Å². The maximum absolute atomic E-state index is 13.0. The molecule has 5 rings (SSSR count). The molecule has 2 aliphatic rings. The van der Waals surface area contributed by atoms with Crippen LogP contribution in [0.3, 0.4) is 0 Å². The molecule has 2 fully saturated rings. The molecule has 0 radical (unpaired) electrons. The standard InChI is InChI=1S/C25H30N6O3S/c1-35-21-5-2-18(3-6-21)17-34-25(33)31-14-12-29(13-15-31)20-8-10-30(11-9-20)24(32)19-4-7-22-23(16-19)27-28-26-22/h2-7,16,20H,8-15,17H2,1H3,(H,26,27,28). The number of nitrogens with one attached hydrogen (secondary N) is 1. The third-order valence-electron chi connectivity index (χ3n) is 6.93. The van der Waals surface area contributed by atoms with Crippen molar-refractivity contribution in [1.82, 2.24) is 30.1 Å². The highest BCUT2D eigenvalue weighted by Gasteiger charge is 2.31. The minimum absolute atomic E-state index is 0.0454. The average Bonchev–Trinajstić information content (AvgIpc) is 3.40. The highest BCUT2D eigenvalue weighted by atomic mass is 32.2. The number of carbonyl (C=O) groups is 2. The second-order valence-electron chi connectivity index (χ2n) is 8.99. The Bertz CT molecular complexity index is 1170. The molecule has 1 N–H and O–H groups in total. The van der Waals surface area contributed by atoms with E-state index in [-0.39, 0.29) is 12.0 Å². The molecule has 3 aromatic rings. The van der Waals surface area contributed by atoms with Crippen LogP contribution in [-0.2, 0) is 11.3 Å². The molecule has 3 heterocycles. The zero-order chi connectivity index (χ0) is 24.2. The molecule has 35 heavy (non-hydrogen) atoms. The lowest BCUT2D eigenvalue weighted by Gasteiger charge is -2.42. The number of fused-ring (bicyclic) bond motifs is 1. The maximum atomic E-state index is 13.0. The van der Waals surface area contributed by atoms with Gasteiger partial charge < -0.3 is 14.5 Å². The van der Waals surface area contributed by atoms with Crippen LogP contribution in [-0.4, -0.2) is 93.7 Å². The van der Waals surface area contributed by atoms with Crippen LogP contribution < -0.4 is 0 Å². The molecule has 0 saturated carbocycles. The van der Waals surface area contributed by atoms with E-state index in [4.69, 9.17) is 4.74 Å². The van der Waals surface area contributed by atoms with Crippen molar-refractivity contribution in [1.29, 1.82) is 0 Å². The molecule has 0 spiro atoms. The molecular formula is C25H30N6O3S. The third-order valence-corrected chi connectivity index (χ3v) is 7.68. The number of nitrogens with zero attached hydrogens (tertiary/aromatic N) is 5. The molecule has 2 aromatic carbocycles. The van der Waals surface area contributed by atoms with E-state index in [1.165, 1.54) is 4.90 Å². The van der Waals surface area contributed by atoms with Gasteiger partial charge in [0.2, 0.25) is 0 Å². The number of benzene rings is 2. The summed E-state index contributed by atoms with van der Waals surface area (Å²) in [5.41, 5.74) is 3.18. The molecule has 0 bridgehead atoms. The normalized spacial score (nSPS) is 17.6. The Kier molecular flexibility index (Phi) is 7.19. The summed E-state index contributed by atoms with van der Waals surface area (Å²) >= 11 is 1.69. The molecule has 2 aliphatic heterocycles. The summed E-state index contributed by atoms with van der Waals surface area (Å²) in [7, 11) is 0. The summed E-state index contributed by atoms with van der Waals surface area (Å²) in [6, 6.07) is 14.0. The van der Waals surface area contributed by atoms with Gasteiger partial charge in [-0.1, -0.05) is 17.3 Å². The molecule has 0 aliphatic carbocycles. The number of carbonyl (C=O) groups excluding carboxylic acids is 2. The summed E-state index contributed by atoms with van der Waals surface area (Å²) in [6.45, 7) is 4.76. The van der Waals surface area contributed by atoms with Crippen LogP contribution in [0.1, 0.15) is 28.8 Å². The van der Waals surface area contributed by atoms with Crippen LogP contribution in [0.2, 0.25) is 0 Å². The summed E-state index contributed by atoms with van der Waals surface area (Å²) in [5, 5.41) is 10.6. The number of thioether (sulfide) groups is 1. The van der Waals surface area contributed by atoms with Gasteiger partial charge in [-0.15, -0.1) is 16.9 Å². The molecule has 2 amide bonds. The second kappa shape index (κ2) is 10.7. The van der Waals surface area contributed by atoms with E-state index in [9.17, 15) is 9.59 Å². The topological polar surface area (TPSA) is 94.7 Å². The zero-order valence-electron chi connectivity index (χ0n) is 19.9. The van der Waals surface area contributed by atoms with Crippen LogP contribution >= 0.6 is 11.8 Å². The van der Waals surface area contributed by atoms with Gasteiger partial charge in [0.15, 0.2) is 0 Å². The van der Waals surface area contributed by atoms with Crippen molar-refractivity contribution < 1.29 is 14.3 Å². The number of amides is 2. The number of piperidine rings is 1. The van der Waals surface area contributed by atoms with Crippen molar-refractivity contribution in [2.45, 2.75) is 30.4 Å². The fourth-order valence-electron chi connectivity index (χ4n) is 4.82. The predicted octanol–water partition coefficient (Wildman–Crippen LogP) is 3.24. The number of piperazine rings is 1. The summed E-state index contributed by atoms with van der Waals surface area (Å²) < 4.78 is 5.53. The number of hydrogen-bond acceptors (Lipinski definition) is 7. The lowest BCUT2D eigenvalue weighted by molar-refractivity contribution is 0.0394. The van der Waals surface area contributed by atoms with E-state index in [2.05, 4.69) is 20.3 Å². The number of aromatic amines is 1. The monoisotopic (exact) mass is 494 g/mol. The Labute approximate surface area is 208 Å². The fourth-order valence-corrected chi connectivity index (χ4v) is 5.23. The van der Waals surface area contributed by atoms with Gasteiger partial charge in [-0.2, -0.15) is 0 Å². The highest BCUT2D eigenvalue weighted by Crippen LogP contribution is 2.21. The van der Waals surface area contributed by atoms with Crippen LogP contribution in [0, 0.1) is 0 Å². The minimum atomic E-state index is -0.247. The Morgan fingerprint density at radius 3 is 2.46 bits per heavy atom. The van der Waals surface area contributed by atoms with E-state index in [1.807, 2.05) is 47.6 Å². The van der Waals surface area contributed by atoms with Gasteiger partial charge in [-0.3, -0.25) is 14.8 Å². The molecule has 0 unspecified atom stereocenters. The lowest BCUT2D eigenvalue weighted by Crippen LogP contribution is -2.54. The van der Waals surface area contributed by atoms with E-state index in [0.29, 0.717) is 36.8 Å². The number of aromatic nitrogens is 3. The van der Waals surface area contributed by atoms with Crippen molar-refractivity contribution >= 4 is 34.8 Å². The van der Waals surface area contributed by atoms with Crippen molar-refractivity contribution in [2.75, 3.05) is 45.5 Å². The van der Waals surface area contributed by atoms with Gasteiger partial charge >= 0.3 is 6.09 Å². The van der Waals surface area contributed by atoms with E-state index in [0.717, 1.165) is 50.1 Å². The Morgan fingerprint density at radius 2 is 1.74 bits per heavy atom. The Morgan fingerprint density at radius 1 is 1.00 bits per heavy atom. The number of likely N-dealkylation sites (tertiary alicyclic amines) is 1. The number of rotatable bonds is 5. The molecule has 2 saturated heterocycles. The first kappa shape index (κ1) is 23.6. The van der Waals surface area contributed by atoms with Crippen LogP contribution in [0.4, 0.5) is 4.79 Å². The first-order valence-electron chi connectivity index (χ1n) is 12.0. The lowest BCUT2D eigenvalue weighted by atomic mass is 10.0. The first-order valence-corrected chi connectivity index (χ1v) is 13.2. The molecule has 10 heteroatoms. The van der Waals surface area contributed by atoms with Gasteiger partial charge in [0.1, 0.15) is 12.1 Å². The zero-order valence-corrected chi connectivity index (χ0v) is 20.7. The minimum Gasteiger partial charge on any atom is -0.445 e. The SMILES string of the molecule is CSc1ccc(COC(=O)N2CCN(C3CCN(C(=O)c4ccc5[nH]nnc5c4)CC3)CC2)cc1. The largest absolute Gasteiger partial charge is 0.445 e. The van der Waals surface area contributed by atoms with Crippen molar-refractivity contribution in [3.05, 3.63) is 53.6 Å². The summed E-state index contributed by atoms with van der Waals surface area (Å²) in [5.74, 6) is 0.0454. The van der Waals surface area contributed by atoms with Crippen LogP contribution in [0.15, 0.2) is 47.4 Å². The predicted molar refractivity (Wildman–Crippen MR) is 134 cm³/mol. The number of hydrogen-bond donors (Lipinski definition) is 1. The van der Waals surface area contributed by atoms with Crippen molar-refractivity contribution in [2.24, 2.45) is 0 Å². The molecular weight excluding hydrogens is 464 g/mol. The second-order valence-corrected chi connectivity index (χ2v) is 9.87. The van der Waals surface area contributed by atoms with Gasteiger partial charge in [0.05, 0.1) is 5.52 Å². The Balaban J connectivity index is 1.06. The van der Waals surface area contributed by atoms with Crippen molar-refractivity contribution in [3.8, 4) is 0 Å². The smallest absolute Gasteiger partial charge is 0.410 e.